The van der Waals surface area contributed by atoms with Gasteiger partial charge in [0.2, 0.25) is 11.8 Å². The number of hydrogen-bond donors (Lipinski definition) is 2. The van der Waals surface area contributed by atoms with Crippen LogP contribution in [0.25, 0.3) is 0 Å². The number of rotatable bonds is 5. The van der Waals surface area contributed by atoms with Gasteiger partial charge in [-0.25, -0.2) is 0 Å². The number of carbonyl (C=O) groups is 2. The number of nitrogens with zero attached hydrogens (tertiary/aromatic N) is 1. The van der Waals surface area contributed by atoms with Crippen molar-refractivity contribution in [3.8, 4) is 0 Å². The van der Waals surface area contributed by atoms with E-state index in [4.69, 9.17) is 0 Å². The van der Waals surface area contributed by atoms with Gasteiger partial charge in [-0.15, -0.1) is 0 Å². The van der Waals surface area contributed by atoms with Crippen LogP contribution in [-0.4, -0.2) is 42.9 Å². The molecule has 1 heterocycles. The molecule has 1 saturated heterocycles. The monoisotopic (exact) mass is 337 g/mol. The van der Waals surface area contributed by atoms with Crippen LogP contribution in [0, 0.1) is 6.92 Å². The summed E-state index contributed by atoms with van der Waals surface area (Å²) >= 11 is 0. The Balaban J connectivity index is 1.73. The Morgan fingerprint density at radius 3 is 2.48 bits per heavy atom. The van der Waals surface area contributed by atoms with Crippen molar-refractivity contribution < 1.29 is 9.59 Å². The molecular formula is C20H23N3O2. The quantitative estimate of drug-likeness (QED) is 0.872. The number of amides is 2. The van der Waals surface area contributed by atoms with Crippen molar-refractivity contribution in [2.45, 2.75) is 13.0 Å². The van der Waals surface area contributed by atoms with Crippen molar-refractivity contribution in [3.05, 3.63) is 71.3 Å². The maximum absolute atomic E-state index is 12.4. The van der Waals surface area contributed by atoms with Crippen LogP contribution in [0.1, 0.15) is 22.7 Å². The first-order chi connectivity index (χ1) is 12.1. The molecule has 1 aliphatic rings. The summed E-state index contributed by atoms with van der Waals surface area (Å²) in [4.78, 5) is 25.5. The van der Waals surface area contributed by atoms with Crippen LogP contribution in [0.2, 0.25) is 0 Å². The summed E-state index contributed by atoms with van der Waals surface area (Å²) in [6.45, 7) is 3.47. The summed E-state index contributed by atoms with van der Waals surface area (Å²) in [5, 5.41) is 6.10. The molecule has 0 aliphatic carbocycles. The van der Waals surface area contributed by atoms with Crippen LogP contribution in [0.3, 0.4) is 0 Å². The Hall–Kier alpha value is -2.66. The Bertz CT molecular complexity index is 728. The minimum atomic E-state index is -0.0993. The smallest absolute Gasteiger partial charge is 0.239 e. The fourth-order valence-electron chi connectivity index (χ4n) is 2.99. The first-order valence-electron chi connectivity index (χ1n) is 8.53. The predicted molar refractivity (Wildman–Crippen MR) is 97.1 cm³/mol. The zero-order valence-electron chi connectivity index (χ0n) is 14.4. The minimum Gasteiger partial charge on any atom is -0.353 e. The first-order valence-corrected chi connectivity index (χ1v) is 8.53. The van der Waals surface area contributed by atoms with E-state index in [2.05, 4.69) is 54.0 Å². The third-order valence-corrected chi connectivity index (χ3v) is 4.39. The second-order valence-corrected chi connectivity index (χ2v) is 6.30. The summed E-state index contributed by atoms with van der Waals surface area (Å²) in [6, 6.07) is 18.3. The standard InChI is InChI=1S/C20H23N3O2/c1-15-7-9-17(10-8-15)20(16-5-3-2-4-6-16)22-13-19(25)23-12-11-21-18(24)14-23/h2-10,20,22H,11-14H2,1H3,(H,21,24)/t20-/m0/s1. The molecule has 5 heteroatoms. The van der Waals surface area contributed by atoms with E-state index >= 15 is 0 Å². The van der Waals surface area contributed by atoms with E-state index in [1.807, 2.05) is 18.2 Å². The largest absolute Gasteiger partial charge is 0.353 e. The molecule has 2 N–H and O–H groups in total. The van der Waals surface area contributed by atoms with Crippen LogP contribution < -0.4 is 10.6 Å². The van der Waals surface area contributed by atoms with Crippen molar-refractivity contribution in [2.24, 2.45) is 0 Å². The number of aryl methyl sites for hydroxylation is 1. The van der Waals surface area contributed by atoms with Gasteiger partial charge in [-0.3, -0.25) is 14.9 Å². The van der Waals surface area contributed by atoms with Crippen LogP contribution in [0.15, 0.2) is 54.6 Å². The highest BCUT2D eigenvalue weighted by Gasteiger charge is 2.22. The molecule has 0 saturated carbocycles. The second-order valence-electron chi connectivity index (χ2n) is 6.30. The molecule has 0 bridgehead atoms. The van der Waals surface area contributed by atoms with Gasteiger partial charge in [0, 0.05) is 13.1 Å². The number of benzene rings is 2. The maximum Gasteiger partial charge on any atom is 0.239 e. The van der Waals surface area contributed by atoms with Crippen molar-refractivity contribution in [1.82, 2.24) is 15.5 Å². The first kappa shape index (κ1) is 17.2. The molecule has 0 unspecified atom stereocenters. The molecule has 5 nitrogen and oxygen atoms in total. The molecule has 2 aromatic rings. The van der Waals surface area contributed by atoms with Crippen LogP contribution in [0.4, 0.5) is 0 Å². The van der Waals surface area contributed by atoms with Gasteiger partial charge in [0.05, 0.1) is 19.1 Å². The number of nitrogens with one attached hydrogen (secondary N) is 2. The van der Waals surface area contributed by atoms with Crippen molar-refractivity contribution in [2.75, 3.05) is 26.2 Å². The highest BCUT2D eigenvalue weighted by atomic mass is 16.2. The van der Waals surface area contributed by atoms with Crippen LogP contribution in [-0.2, 0) is 9.59 Å². The number of hydrogen-bond acceptors (Lipinski definition) is 3. The lowest BCUT2D eigenvalue weighted by molar-refractivity contribution is -0.137. The minimum absolute atomic E-state index is 0.0529. The number of piperazine rings is 1. The van der Waals surface area contributed by atoms with Gasteiger partial charge in [-0.2, -0.15) is 0 Å². The molecule has 1 aliphatic heterocycles. The fraction of sp³-hybridized carbons (Fsp3) is 0.300. The molecule has 0 radical (unpaired) electrons. The molecule has 0 spiro atoms. The van der Waals surface area contributed by atoms with E-state index in [0.29, 0.717) is 13.1 Å². The molecule has 0 aromatic heterocycles. The third kappa shape index (κ3) is 4.45. The number of carbonyl (C=O) groups excluding carboxylic acids is 2. The molecule has 25 heavy (non-hydrogen) atoms. The summed E-state index contributed by atoms with van der Waals surface area (Å²) < 4.78 is 0. The lowest BCUT2D eigenvalue weighted by Crippen LogP contribution is -2.52. The van der Waals surface area contributed by atoms with Gasteiger partial charge in [-0.05, 0) is 18.1 Å². The van der Waals surface area contributed by atoms with Gasteiger partial charge in [-0.1, -0.05) is 60.2 Å². The fourth-order valence-corrected chi connectivity index (χ4v) is 2.99. The highest BCUT2D eigenvalue weighted by Crippen LogP contribution is 2.22. The average Bonchev–Trinajstić information content (AvgIpc) is 2.64. The SMILES string of the molecule is Cc1ccc([C@@H](NCC(=O)N2CCNC(=O)C2)c2ccccc2)cc1. The van der Waals surface area contributed by atoms with Gasteiger partial charge >= 0.3 is 0 Å². The topological polar surface area (TPSA) is 61.4 Å². The Morgan fingerprint density at radius 2 is 1.80 bits per heavy atom. The maximum atomic E-state index is 12.4. The van der Waals surface area contributed by atoms with E-state index in [-0.39, 0.29) is 30.9 Å². The Labute approximate surface area is 148 Å². The normalized spacial score (nSPS) is 15.6. The van der Waals surface area contributed by atoms with Crippen LogP contribution in [0.5, 0.6) is 0 Å². The molecule has 2 amide bonds. The van der Waals surface area contributed by atoms with Gasteiger partial charge in [0.25, 0.3) is 0 Å². The lowest BCUT2D eigenvalue weighted by Gasteiger charge is -2.28. The molecule has 2 aromatic carbocycles. The second kappa shape index (κ2) is 7.94. The predicted octanol–water partition coefficient (Wildman–Crippen LogP) is 1.63. The highest BCUT2D eigenvalue weighted by molar-refractivity contribution is 5.86. The van der Waals surface area contributed by atoms with Crippen molar-refractivity contribution in [3.63, 3.8) is 0 Å². The summed E-state index contributed by atoms with van der Waals surface area (Å²) in [6.07, 6.45) is 0. The Kier molecular flexibility index (Phi) is 5.46. The van der Waals surface area contributed by atoms with E-state index < -0.39 is 0 Å². The summed E-state index contributed by atoms with van der Waals surface area (Å²) in [7, 11) is 0. The zero-order valence-corrected chi connectivity index (χ0v) is 14.4. The molecular weight excluding hydrogens is 314 g/mol. The zero-order chi connectivity index (χ0) is 17.6. The summed E-state index contributed by atoms with van der Waals surface area (Å²) in [5.41, 5.74) is 3.42. The van der Waals surface area contributed by atoms with E-state index in [0.717, 1.165) is 11.1 Å². The molecule has 1 atom stereocenters. The van der Waals surface area contributed by atoms with E-state index in [1.54, 1.807) is 4.90 Å². The van der Waals surface area contributed by atoms with Gasteiger partial charge < -0.3 is 10.2 Å². The molecule has 1 fully saturated rings. The lowest BCUT2D eigenvalue weighted by atomic mass is 9.98. The van der Waals surface area contributed by atoms with Crippen molar-refractivity contribution in [1.29, 1.82) is 0 Å². The Morgan fingerprint density at radius 1 is 1.12 bits per heavy atom. The van der Waals surface area contributed by atoms with E-state index in [1.165, 1.54) is 5.56 Å². The van der Waals surface area contributed by atoms with Crippen molar-refractivity contribution >= 4 is 11.8 Å². The average molecular weight is 337 g/mol. The summed E-state index contributed by atoms with van der Waals surface area (Å²) in [5.74, 6) is -0.152. The van der Waals surface area contributed by atoms with E-state index in [9.17, 15) is 9.59 Å². The van der Waals surface area contributed by atoms with Crippen LogP contribution >= 0.6 is 0 Å². The third-order valence-electron chi connectivity index (χ3n) is 4.39. The molecule has 3 rings (SSSR count). The van der Waals surface area contributed by atoms with Gasteiger partial charge in [0.15, 0.2) is 0 Å². The molecule has 130 valence electrons. The van der Waals surface area contributed by atoms with Gasteiger partial charge in [0.1, 0.15) is 0 Å².